The van der Waals surface area contributed by atoms with Gasteiger partial charge in [0, 0.05) is 13.6 Å². The van der Waals surface area contributed by atoms with Crippen LogP contribution >= 0.6 is 0 Å². The molecule has 0 spiro atoms. The van der Waals surface area contributed by atoms with Gasteiger partial charge in [-0.05, 0) is 45.0 Å². The van der Waals surface area contributed by atoms with E-state index in [9.17, 15) is 0 Å². The van der Waals surface area contributed by atoms with Crippen molar-refractivity contribution in [1.82, 2.24) is 15.1 Å². The largest absolute Gasteiger partial charge is 0.439 e. The molecule has 0 saturated carbocycles. The predicted molar refractivity (Wildman–Crippen MR) is 76.7 cm³/mol. The fourth-order valence-corrected chi connectivity index (χ4v) is 2.13. The monoisotopic (exact) mass is 259 g/mol. The zero-order valence-electron chi connectivity index (χ0n) is 12.2. The molecule has 0 aliphatic heterocycles. The molecule has 1 heterocycles. The molecule has 2 rings (SSSR count). The number of benzene rings is 1. The molecule has 1 aromatic heterocycles. The number of aryl methyl sites for hydroxylation is 3. The van der Waals surface area contributed by atoms with E-state index in [1.54, 1.807) is 4.68 Å². The Morgan fingerprint density at radius 1 is 1.26 bits per heavy atom. The van der Waals surface area contributed by atoms with Crippen LogP contribution in [0.2, 0.25) is 0 Å². The van der Waals surface area contributed by atoms with E-state index in [0.29, 0.717) is 0 Å². The van der Waals surface area contributed by atoms with Crippen molar-refractivity contribution in [3.05, 3.63) is 40.6 Å². The summed E-state index contributed by atoms with van der Waals surface area (Å²) in [5.74, 6) is 1.70. The first-order valence-electron chi connectivity index (χ1n) is 6.45. The lowest BCUT2D eigenvalue weighted by Crippen LogP contribution is -2.07. The van der Waals surface area contributed by atoms with E-state index in [2.05, 4.69) is 30.3 Å². The highest BCUT2D eigenvalue weighted by atomic mass is 16.5. The molecule has 0 radical (unpaired) electrons. The maximum Gasteiger partial charge on any atom is 0.222 e. The molecule has 0 atom stereocenters. The van der Waals surface area contributed by atoms with E-state index >= 15 is 0 Å². The fourth-order valence-electron chi connectivity index (χ4n) is 2.13. The molecule has 1 N–H and O–H groups in total. The van der Waals surface area contributed by atoms with Crippen molar-refractivity contribution in [2.75, 3.05) is 7.05 Å². The van der Waals surface area contributed by atoms with E-state index in [-0.39, 0.29) is 0 Å². The minimum Gasteiger partial charge on any atom is -0.439 e. The molecule has 0 aliphatic carbocycles. The number of hydrogen-bond donors (Lipinski definition) is 1. The first kappa shape index (κ1) is 13.6. The van der Waals surface area contributed by atoms with Gasteiger partial charge in [-0.25, -0.2) is 4.68 Å². The van der Waals surface area contributed by atoms with Crippen LogP contribution in [0.3, 0.4) is 0 Å². The summed E-state index contributed by atoms with van der Waals surface area (Å²) >= 11 is 0. The number of ether oxygens (including phenoxy) is 1. The van der Waals surface area contributed by atoms with Crippen molar-refractivity contribution in [3.8, 4) is 11.6 Å². The number of aromatic nitrogens is 2. The highest BCUT2D eigenvalue weighted by Crippen LogP contribution is 2.30. The summed E-state index contributed by atoms with van der Waals surface area (Å²) in [6.45, 7) is 6.92. The number of nitrogens with one attached hydrogen (secondary N) is 1. The molecule has 0 aliphatic rings. The SMILES string of the molecule is CNCc1c(C)nn(C)c1Oc1cccc(C)c1C. The molecule has 1 aromatic carbocycles. The minimum absolute atomic E-state index is 0.750. The number of rotatable bonds is 4. The van der Waals surface area contributed by atoms with Crippen molar-refractivity contribution in [1.29, 1.82) is 0 Å². The van der Waals surface area contributed by atoms with Crippen LogP contribution in [0.5, 0.6) is 11.6 Å². The summed E-state index contributed by atoms with van der Waals surface area (Å²) in [4.78, 5) is 0. The van der Waals surface area contributed by atoms with E-state index in [4.69, 9.17) is 4.74 Å². The van der Waals surface area contributed by atoms with E-state index in [1.807, 2.05) is 33.2 Å². The van der Waals surface area contributed by atoms with Gasteiger partial charge in [0.2, 0.25) is 5.88 Å². The quantitative estimate of drug-likeness (QED) is 0.917. The van der Waals surface area contributed by atoms with Gasteiger partial charge in [0.15, 0.2) is 0 Å². The second kappa shape index (κ2) is 5.45. The fraction of sp³-hybridized carbons (Fsp3) is 0.400. The minimum atomic E-state index is 0.750. The van der Waals surface area contributed by atoms with E-state index < -0.39 is 0 Å². The Balaban J connectivity index is 2.40. The van der Waals surface area contributed by atoms with Gasteiger partial charge in [-0.3, -0.25) is 0 Å². The van der Waals surface area contributed by atoms with Crippen molar-refractivity contribution in [2.24, 2.45) is 7.05 Å². The normalized spacial score (nSPS) is 10.8. The van der Waals surface area contributed by atoms with Gasteiger partial charge in [-0.2, -0.15) is 5.10 Å². The Labute approximate surface area is 114 Å². The van der Waals surface area contributed by atoms with E-state index in [1.165, 1.54) is 5.56 Å². The summed E-state index contributed by atoms with van der Waals surface area (Å²) in [7, 11) is 3.83. The second-order valence-electron chi connectivity index (χ2n) is 4.82. The molecule has 4 nitrogen and oxygen atoms in total. The highest BCUT2D eigenvalue weighted by Gasteiger charge is 2.15. The van der Waals surface area contributed by atoms with Crippen LogP contribution in [0.15, 0.2) is 18.2 Å². The molecular weight excluding hydrogens is 238 g/mol. The average molecular weight is 259 g/mol. The van der Waals surface area contributed by atoms with Crippen LogP contribution < -0.4 is 10.1 Å². The summed E-state index contributed by atoms with van der Waals surface area (Å²) in [5, 5.41) is 7.59. The average Bonchev–Trinajstić information content (AvgIpc) is 2.62. The van der Waals surface area contributed by atoms with Gasteiger partial charge < -0.3 is 10.1 Å². The topological polar surface area (TPSA) is 39.1 Å². The van der Waals surface area contributed by atoms with Crippen LogP contribution in [0.1, 0.15) is 22.4 Å². The lowest BCUT2D eigenvalue weighted by molar-refractivity contribution is 0.421. The summed E-state index contributed by atoms with van der Waals surface area (Å²) in [6, 6.07) is 6.09. The molecule has 0 bridgehead atoms. The Hall–Kier alpha value is -1.81. The molecular formula is C15H21N3O. The Bertz CT molecular complexity index is 587. The molecule has 4 heteroatoms. The molecule has 0 amide bonds. The first-order valence-corrected chi connectivity index (χ1v) is 6.45. The summed E-state index contributed by atoms with van der Waals surface area (Å²) in [6.07, 6.45) is 0. The zero-order valence-corrected chi connectivity index (χ0v) is 12.2. The number of hydrogen-bond acceptors (Lipinski definition) is 3. The third kappa shape index (κ3) is 2.63. The van der Waals surface area contributed by atoms with Crippen LogP contribution in [0, 0.1) is 20.8 Å². The molecule has 19 heavy (non-hydrogen) atoms. The third-order valence-electron chi connectivity index (χ3n) is 3.40. The molecule has 0 saturated heterocycles. The van der Waals surface area contributed by atoms with Crippen LogP contribution in [-0.4, -0.2) is 16.8 Å². The zero-order chi connectivity index (χ0) is 14.0. The predicted octanol–water partition coefficient (Wildman–Crippen LogP) is 2.86. The van der Waals surface area contributed by atoms with Crippen LogP contribution in [0.4, 0.5) is 0 Å². The van der Waals surface area contributed by atoms with Gasteiger partial charge in [0.1, 0.15) is 5.75 Å². The van der Waals surface area contributed by atoms with Crippen LogP contribution in [0.25, 0.3) is 0 Å². The van der Waals surface area contributed by atoms with Gasteiger partial charge in [-0.1, -0.05) is 12.1 Å². The Kier molecular flexibility index (Phi) is 3.90. The summed E-state index contributed by atoms with van der Waals surface area (Å²) < 4.78 is 7.88. The Morgan fingerprint density at radius 3 is 2.68 bits per heavy atom. The van der Waals surface area contributed by atoms with Crippen molar-refractivity contribution >= 4 is 0 Å². The smallest absolute Gasteiger partial charge is 0.222 e. The lowest BCUT2D eigenvalue weighted by Gasteiger charge is -2.12. The van der Waals surface area contributed by atoms with Crippen LogP contribution in [-0.2, 0) is 13.6 Å². The molecule has 102 valence electrons. The molecule has 0 unspecified atom stereocenters. The molecule has 2 aromatic rings. The van der Waals surface area contributed by atoms with Gasteiger partial charge in [0.25, 0.3) is 0 Å². The Morgan fingerprint density at radius 2 is 2.00 bits per heavy atom. The standard InChI is InChI=1S/C15H21N3O/c1-10-7-6-8-14(11(10)2)19-15-13(9-16-4)12(3)17-18(15)5/h6-8,16H,9H2,1-5H3. The number of nitrogens with zero attached hydrogens (tertiary/aromatic N) is 2. The van der Waals surface area contributed by atoms with E-state index in [0.717, 1.165) is 35.0 Å². The highest BCUT2D eigenvalue weighted by molar-refractivity contribution is 5.42. The van der Waals surface area contributed by atoms with Gasteiger partial charge >= 0.3 is 0 Å². The second-order valence-corrected chi connectivity index (χ2v) is 4.82. The van der Waals surface area contributed by atoms with Gasteiger partial charge in [0.05, 0.1) is 11.3 Å². The van der Waals surface area contributed by atoms with Crippen molar-refractivity contribution in [3.63, 3.8) is 0 Å². The maximum absolute atomic E-state index is 6.09. The maximum atomic E-state index is 6.09. The first-order chi connectivity index (χ1) is 9.04. The van der Waals surface area contributed by atoms with Crippen molar-refractivity contribution in [2.45, 2.75) is 27.3 Å². The van der Waals surface area contributed by atoms with Crippen molar-refractivity contribution < 1.29 is 4.74 Å². The third-order valence-corrected chi connectivity index (χ3v) is 3.40. The molecule has 0 fully saturated rings. The summed E-state index contributed by atoms with van der Waals surface area (Å²) in [5.41, 5.74) is 4.49. The lowest BCUT2D eigenvalue weighted by atomic mass is 10.1. The van der Waals surface area contributed by atoms with Gasteiger partial charge in [-0.15, -0.1) is 0 Å².